The molecule has 0 aromatic heterocycles. The minimum atomic E-state index is -3.82. The van der Waals surface area contributed by atoms with E-state index in [0.717, 1.165) is 19.6 Å². The fraction of sp³-hybridized carbons (Fsp3) is 0.650. The summed E-state index contributed by atoms with van der Waals surface area (Å²) < 4.78 is 33.4. The number of hydrogen-bond acceptors (Lipinski definition) is 5. The van der Waals surface area contributed by atoms with Gasteiger partial charge in [-0.2, -0.15) is 4.31 Å². The Bertz CT molecular complexity index is 832. The van der Waals surface area contributed by atoms with E-state index in [4.69, 9.17) is 16.3 Å². The highest BCUT2D eigenvalue weighted by molar-refractivity contribution is 7.89. The summed E-state index contributed by atoms with van der Waals surface area (Å²) >= 11 is 6.24. The lowest BCUT2D eigenvalue weighted by molar-refractivity contribution is -0.0440. The molecular weight excluding hydrogens is 414 g/mol. The molecule has 2 unspecified atom stereocenters. The Morgan fingerprint density at radius 1 is 1.21 bits per heavy atom. The number of benzene rings is 1. The molecule has 29 heavy (non-hydrogen) atoms. The molecule has 1 aromatic rings. The third-order valence-corrected chi connectivity index (χ3v) is 7.79. The van der Waals surface area contributed by atoms with Gasteiger partial charge in [0.25, 0.3) is 5.91 Å². The summed E-state index contributed by atoms with van der Waals surface area (Å²) in [5.41, 5.74) is 0.325. The quantitative estimate of drug-likeness (QED) is 0.674. The van der Waals surface area contributed by atoms with Gasteiger partial charge in [0.2, 0.25) is 10.0 Å². The van der Waals surface area contributed by atoms with Crippen LogP contribution in [-0.4, -0.2) is 87.0 Å². The molecule has 0 radical (unpaired) electrons. The van der Waals surface area contributed by atoms with Crippen LogP contribution >= 0.6 is 11.6 Å². The van der Waals surface area contributed by atoms with Crippen molar-refractivity contribution in [3.05, 3.63) is 28.8 Å². The Morgan fingerprint density at radius 3 is 2.45 bits per heavy atom. The lowest BCUT2D eigenvalue weighted by Crippen LogP contribution is -2.48. The maximum absolute atomic E-state index is 13.2. The van der Waals surface area contributed by atoms with Crippen molar-refractivity contribution in [2.75, 3.05) is 46.3 Å². The molecule has 2 heterocycles. The molecule has 9 heteroatoms. The standard InChI is InChI=1S/C20H30ClN3O4S/c1-15-13-24(14-16(2)28-15)29(26,27)19-12-17(6-7-18(19)21)20(25)22(3)10-11-23-8-4-5-9-23/h6-7,12,15-16H,4-5,8-11,13-14H2,1-3H3. The zero-order valence-electron chi connectivity index (χ0n) is 17.3. The Hall–Kier alpha value is -1.19. The third kappa shape index (κ3) is 5.30. The second-order valence-electron chi connectivity index (χ2n) is 8.00. The summed E-state index contributed by atoms with van der Waals surface area (Å²) in [4.78, 5) is 16.8. The average Bonchev–Trinajstić information content (AvgIpc) is 3.18. The first-order valence-corrected chi connectivity index (χ1v) is 11.9. The number of ether oxygens (including phenoxy) is 1. The Kier molecular flexibility index (Phi) is 7.22. The van der Waals surface area contributed by atoms with Crippen molar-refractivity contribution < 1.29 is 17.9 Å². The van der Waals surface area contributed by atoms with Gasteiger partial charge in [-0.3, -0.25) is 4.79 Å². The highest BCUT2D eigenvalue weighted by Gasteiger charge is 2.34. The van der Waals surface area contributed by atoms with Crippen LogP contribution in [0, 0.1) is 0 Å². The summed E-state index contributed by atoms with van der Waals surface area (Å²) in [6.45, 7) is 7.77. The van der Waals surface area contributed by atoms with Crippen molar-refractivity contribution in [1.82, 2.24) is 14.1 Å². The highest BCUT2D eigenvalue weighted by Crippen LogP contribution is 2.28. The van der Waals surface area contributed by atoms with E-state index in [0.29, 0.717) is 12.1 Å². The molecule has 7 nitrogen and oxygen atoms in total. The molecule has 2 aliphatic heterocycles. The molecule has 0 N–H and O–H groups in total. The van der Waals surface area contributed by atoms with Crippen LogP contribution in [0.15, 0.2) is 23.1 Å². The van der Waals surface area contributed by atoms with Gasteiger partial charge in [-0.15, -0.1) is 0 Å². The summed E-state index contributed by atoms with van der Waals surface area (Å²) in [6.07, 6.45) is 2.01. The van der Waals surface area contributed by atoms with Crippen molar-refractivity contribution in [2.24, 2.45) is 0 Å². The number of nitrogens with zero attached hydrogens (tertiary/aromatic N) is 3. The van der Waals surface area contributed by atoms with Gasteiger partial charge < -0.3 is 14.5 Å². The molecule has 0 aliphatic carbocycles. The number of amides is 1. The van der Waals surface area contributed by atoms with E-state index < -0.39 is 10.0 Å². The Labute approximate surface area is 178 Å². The predicted molar refractivity (Wildman–Crippen MR) is 113 cm³/mol. The van der Waals surface area contributed by atoms with E-state index in [1.54, 1.807) is 18.0 Å². The van der Waals surface area contributed by atoms with Crippen LogP contribution in [0.5, 0.6) is 0 Å². The molecule has 3 rings (SSSR count). The first-order valence-electron chi connectivity index (χ1n) is 10.1. The van der Waals surface area contributed by atoms with Crippen LogP contribution in [0.25, 0.3) is 0 Å². The first-order chi connectivity index (χ1) is 13.7. The molecule has 0 spiro atoms. The van der Waals surface area contributed by atoms with Gasteiger partial charge in [-0.1, -0.05) is 11.6 Å². The van der Waals surface area contributed by atoms with Gasteiger partial charge in [0.05, 0.1) is 17.2 Å². The minimum absolute atomic E-state index is 0.0285. The van der Waals surface area contributed by atoms with Gasteiger partial charge in [0, 0.05) is 38.8 Å². The van der Waals surface area contributed by atoms with Crippen LogP contribution < -0.4 is 0 Å². The van der Waals surface area contributed by atoms with E-state index in [9.17, 15) is 13.2 Å². The molecule has 162 valence electrons. The molecule has 0 bridgehead atoms. The normalized spacial score (nSPS) is 24.0. The Balaban J connectivity index is 1.77. The van der Waals surface area contributed by atoms with Gasteiger partial charge in [-0.05, 0) is 58.0 Å². The molecule has 2 atom stereocenters. The summed E-state index contributed by atoms with van der Waals surface area (Å²) in [6, 6.07) is 4.47. The van der Waals surface area contributed by atoms with Crippen molar-refractivity contribution in [2.45, 2.75) is 43.8 Å². The summed E-state index contributed by atoms with van der Waals surface area (Å²) in [7, 11) is -2.08. The van der Waals surface area contributed by atoms with Gasteiger partial charge in [0.15, 0.2) is 0 Å². The molecule has 2 fully saturated rings. The fourth-order valence-corrected chi connectivity index (χ4v) is 6.01. The van der Waals surface area contributed by atoms with Crippen LogP contribution in [0.4, 0.5) is 0 Å². The number of morpholine rings is 1. The molecule has 2 aliphatic rings. The average molecular weight is 444 g/mol. The lowest BCUT2D eigenvalue weighted by Gasteiger charge is -2.34. The van der Waals surface area contributed by atoms with E-state index in [1.807, 2.05) is 13.8 Å². The topological polar surface area (TPSA) is 70.2 Å². The Morgan fingerprint density at radius 2 is 1.83 bits per heavy atom. The van der Waals surface area contributed by atoms with E-state index in [2.05, 4.69) is 4.90 Å². The lowest BCUT2D eigenvalue weighted by atomic mass is 10.2. The maximum atomic E-state index is 13.2. The number of likely N-dealkylation sites (tertiary alicyclic amines) is 1. The molecule has 0 saturated carbocycles. The molecular formula is C20H30ClN3O4S. The zero-order chi connectivity index (χ0) is 21.2. The minimum Gasteiger partial charge on any atom is -0.373 e. The van der Waals surface area contributed by atoms with E-state index in [1.165, 1.54) is 29.3 Å². The number of sulfonamides is 1. The van der Waals surface area contributed by atoms with Gasteiger partial charge in [-0.25, -0.2) is 8.42 Å². The first kappa shape index (κ1) is 22.5. The molecule has 1 aromatic carbocycles. The molecule has 2 saturated heterocycles. The van der Waals surface area contributed by atoms with Crippen LogP contribution in [-0.2, 0) is 14.8 Å². The van der Waals surface area contributed by atoms with Crippen molar-refractivity contribution >= 4 is 27.5 Å². The van der Waals surface area contributed by atoms with Gasteiger partial charge >= 0.3 is 0 Å². The number of carbonyl (C=O) groups is 1. The second kappa shape index (κ2) is 9.31. The van der Waals surface area contributed by atoms with Crippen molar-refractivity contribution in [1.29, 1.82) is 0 Å². The summed E-state index contributed by atoms with van der Waals surface area (Å²) in [5, 5.41) is 0.119. The number of likely N-dealkylation sites (N-methyl/N-ethyl adjacent to an activating group) is 1. The second-order valence-corrected chi connectivity index (χ2v) is 10.3. The highest BCUT2D eigenvalue weighted by atomic mass is 35.5. The monoisotopic (exact) mass is 443 g/mol. The number of hydrogen-bond donors (Lipinski definition) is 0. The smallest absolute Gasteiger partial charge is 0.253 e. The number of carbonyl (C=O) groups excluding carboxylic acids is 1. The van der Waals surface area contributed by atoms with Crippen LogP contribution in [0.3, 0.4) is 0 Å². The number of halogens is 1. The summed E-state index contributed by atoms with van der Waals surface area (Å²) in [5.74, 6) is -0.207. The third-order valence-electron chi connectivity index (χ3n) is 5.48. The van der Waals surface area contributed by atoms with E-state index >= 15 is 0 Å². The van der Waals surface area contributed by atoms with Crippen LogP contribution in [0.1, 0.15) is 37.0 Å². The maximum Gasteiger partial charge on any atom is 0.253 e. The zero-order valence-corrected chi connectivity index (χ0v) is 18.9. The fourth-order valence-electron chi connectivity index (χ4n) is 3.92. The largest absolute Gasteiger partial charge is 0.373 e. The van der Waals surface area contributed by atoms with Crippen LogP contribution in [0.2, 0.25) is 5.02 Å². The van der Waals surface area contributed by atoms with Crippen molar-refractivity contribution in [3.8, 4) is 0 Å². The van der Waals surface area contributed by atoms with E-state index in [-0.39, 0.29) is 41.1 Å². The number of rotatable bonds is 6. The van der Waals surface area contributed by atoms with Gasteiger partial charge in [0.1, 0.15) is 4.90 Å². The van der Waals surface area contributed by atoms with Crippen molar-refractivity contribution in [3.63, 3.8) is 0 Å². The SMILES string of the molecule is CC1CN(S(=O)(=O)c2cc(C(=O)N(C)CCN3CCCC3)ccc2Cl)CC(C)O1. The predicted octanol–water partition coefficient (Wildman–Crippen LogP) is 2.31. The molecule has 1 amide bonds.